The van der Waals surface area contributed by atoms with Crippen molar-refractivity contribution in [2.45, 2.75) is 6.54 Å². The van der Waals surface area contributed by atoms with Gasteiger partial charge in [-0.3, -0.25) is 9.59 Å². The summed E-state index contributed by atoms with van der Waals surface area (Å²) in [7, 11) is 0. The molecule has 0 saturated heterocycles. The van der Waals surface area contributed by atoms with Gasteiger partial charge >= 0.3 is 0 Å². The lowest BCUT2D eigenvalue weighted by Gasteiger charge is -2.05. The molecule has 0 aliphatic carbocycles. The van der Waals surface area contributed by atoms with E-state index in [2.05, 4.69) is 5.32 Å². The molecule has 25 heavy (non-hydrogen) atoms. The smallest absolute Gasteiger partial charge is 0.291 e. The van der Waals surface area contributed by atoms with Crippen LogP contribution in [0.5, 0.6) is 0 Å². The Bertz CT molecular complexity index is 1030. The zero-order chi connectivity index (χ0) is 17.8. The topological polar surface area (TPSA) is 88.0 Å². The lowest BCUT2D eigenvalue weighted by atomic mass is 10.2. The summed E-state index contributed by atoms with van der Waals surface area (Å²) in [4.78, 5) is 23.9. The second-order valence-corrected chi connectivity index (χ2v) is 5.60. The Morgan fingerprint density at radius 2 is 2.08 bits per heavy atom. The van der Waals surface area contributed by atoms with E-state index in [-0.39, 0.29) is 22.9 Å². The molecule has 0 atom stereocenters. The minimum atomic E-state index is -0.451. The number of carbonyl (C=O) groups excluding carboxylic acids is 1. The van der Waals surface area contributed by atoms with Crippen LogP contribution in [0.4, 0.5) is 5.69 Å². The summed E-state index contributed by atoms with van der Waals surface area (Å²) in [6, 6.07) is 14.6. The van der Waals surface area contributed by atoms with Crippen LogP contribution in [0.1, 0.15) is 21.9 Å². The van der Waals surface area contributed by atoms with Gasteiger partial charge in [-0.2, -0.15) is 5.26 Å². The molecule has 0 aliphatic rings. The second-order valence-electron chi connectivity index (χ2n) is 5.19. The van der Waals surface area contributed by atoms with E-state index in [0.717, 1.165) is 0 Å². The molecule has 1 N–H and O–H groups in total. The van der Waals surface area contributed by atoms with Crippen molar-refractivity contribution < 1.29 is 9.21 Å². The van der Waals surface area contributed by atoms with Gasteiger partial charge in [-0.15, -0.1) is 0 Å². The highest BCUT2D eigenvalue weighted by molar-refractivity contribution is 6.32. The Labute approximate surface area is 147 Å². The van der Waals surface area contributed by atoms with Crippen molar-refractivity contribution in [1.82, 2.24) is 4.57 Å². The third-order valence-electron chi connectivity index (χ3n) is 3.46. The van der Waals surface area contributed by atoms with Crippen LogP contribution in [-0.4, -0.2) is 10.5 Å². The van der Waals surface area contributed by atoms with Crippen LogP contribution >= 0.6 is 11.6 Å². The maximum Gasteiger partial charge on any atom is 0.291 e. The van der Waals surface area contributed by atoms with Crippen LogP contribution in [0.15, 0.2) is 63.9 Å². The molecule has 3 rings (SSSR count). The number of nitrogens with zero attached hydrogens (tertiary/aromatic N) is 2. The molecule has 124 valence electrons. The molecule has 6 nitrogen and oxygen atoms in total. The number of pyridine rings is 1. The SMILES string of the molecule is N#Cc1ccc(NC(=O)c2ccc(Cn3ccccc3=O)o2)cc1Cl. The second kappa shape index (κ2) is 7.07. The van der Waals surface area contributed by atoms with Crippen LogP contribution < -0.4 is 10.9 Å². The average Bonchev–Trinajstić information content (AvgIpc) is 3.06. The molecule has 2 heterocycles. The number of halogens is 1. The highest BCUT2D eigenvalue weighted by Gasteiger charge is 2.13. The zero-order valence-electron chi connectivity index (χ0n) is 12.9. The number of amides is 1. The van der Waals surface area contributed by atoms with Crippen LogP contribution in [0, 0.1) is 11.3 Å². The van der Waals surface area contributed by atoms with Crippen molar-refractivity contribution in [2.75, 3.05) is 5.32 Å². The minimum Gasteiger partial charge on any atom is -0.454 e. The van der Waals surface area contributed by atoms with Crippen LogP contribution in [-0.2, 0) is 6.54 Å². The van der Waals surface area contributed by atoms with Gasteiger partial charge in [-0.25, -0.2) is 0 Å². The molecule has 0 radical (unpaired) electrons. The maximum absolute atomic E-state index is 12.2. The van der Waals surface area contributed by atoms with E-state index >= 15 is 0 Å². The Morgan fingerprint density at radius 1 is 1.24 bits per heavy atom. The number of hydrogen-bond acceptors (Lipinski definition) is 4. The summed E-state index contributed by atoms with van der Waals surface area (Å²) in [6.07, 6.45) is 1.64. The third kappa shape index (κ3) is 3.79. The summed E-state index contributed by atoms with van der Waals surface area (Å²) < 4.78 is 6.97. The molecule has 0 saturated carbocycles. The first-order valence-electron chi connectivity index (χ1n) is 7.32. The van der Waals surface area contributed by atoms with Gasteiger partial charge in [0.2, 0.25) is 0 Å². The molecule has 1 aromatic carbocycles. The van der Waals surface area contributed by atoms with E-state index < -0.39 is 5.91 Å². The Morgan fingerprint density at radius 3 is 2.80 bits per heavy atom. The molecular formula is C18H12ClN3O3. The predicted molar refractivity (Wildman–Crippen MR) is 92.6 cm³/mol. The number of furan rings is 1. The first-order valence-corrected chi connectivity index (χ1v) is 7.70. The first-order chi connectivity index (χ1) is 12.1. The molecule has 0 bridgehead atoms. The van der Waals surface area contributed by atoms with Gasteiger partial charge in [0, 0.05) is 18.0 Å². The molecule has 0 spiro atoms. The molecule has 0 unspecified atom stereocenters. The van der Waals surface area contributed by atoms with Gasteiger partial charge in [0.15, 0.2) is 5.76 Å². The number of benzene rings is 1. The predicted octanol–water partition coefficient (Wildman–Crippen LogP) is 3.27. The highest BCUT2D eigenvalue weighted by atomic mass is 35.5. The fraction of sp³-hybridized carbons (Fsp3) is 0.0556. The summed E-state index contributed by atoms with van der Waals surface area (Å²) in [6.45, 7) is 0.232. The standard InChI is InChI=1S/C18H12ClN3O3/c19-15-9-13(5-4-12(15)10-20)21-18(24)16-7-6-14(25-16)11-22-8-2-1-3-17(22)23/h1-9H,11H2,(H,21,24). The fourth-order valence-electron chi connectivity index (χ4n) is 2.22. The Balaban J connectivity index is 1.73. The van der Waals surface area contributed by atoms with E-state index in [1.165, 1.54) is 28.8 Å². The largest absolute Gasteiger partial charge is 0.454 e. The van der Waals surface area contributed by atoms with E-state index in [4.69, 9.17) is 21.3 Å². The summed E-state index contributed by atoms with van der Waals surface area (Å²) >= 11 is 5.94. The number of hydrogen-bond donors (Lipinski definition) is 1. The van der Waals surface area contributed by atoms with Crippen molar-refractivity contribution in [3.63, 3.8) is 0 Å². The summed E-state index contributed by atoms with van der Waals surface area (Å²) in [5, 5.41) is 11.7. The number of rotatable bonds is 4. The summed E-state index contributed by atoms with van der Waals surface area (Å²) in [5.41, 5.74) is 0.622. The van der Waals surface area contributed by atoms with Gasteiger partial charge in [0.25, 0.3) is 11.5 Å². The van der Waals surface area contributed by atoms with Crippen molar-refractivity contribution >= 4 is 23.2 Å². The number of nitriles is 1. The lowest BCUT2D eigenvalue weighted by Crippen LogP contribution is -2.18. The van der Waals surface area contributed by atoms with E-state index in [1.54, 1.807) is 30.5 Å². The molecule has 3 aromatic rings. The molecule has 0 aliphatic heterocycles. The third-order valence-corrected chi connectivity index (χ3v) is 3.77. The van der Waals surface area contributed by atoms with Crippen molar-refractivity contribution in [3.05, 3.63) is 87.2 Å². The van der Waals surface area contributed by atoms with E-state index in [1.807, 2.05) is 6.07 Å². The molecule has 0 fully saturated rings. The number of nitrogens with one attached hydrogen (secondary N) is 1. The van der Waals surface area contributed by atoms with Crippen molar-refractivity contribution in [3.8, 4) is 6.07 Å². The van der Waals surface area contributed by atoms with Gasteiger partial charge in [0.1, 0.15) is 11.8 Å². The first kappa shape index (κ1) is 16.6. The monoisotopic (exact) mass is 353 g/mol. The van der Waals surface area contributed by atoms with E-state index in [0.29, 0.717) is 17.0 Å². The Kier molecular flexibility index (Phi) is 4.68. The molecule has 7 heteroatoms. The van der Waals surface area contributed by atoms with Crippen LogP contribution in [0.25, 0.3) is 0 Å². The Hall–Kier alpha value is -3.30. The normalized spacial score (nSPS) is 10.2. The number of carbonyl (C=O) groups is 1. The van der Waals surface area contributed by atoms with Gasteiger partial charge in [0.05, 0.1) is 17.1 Å². The van der Waals surface area contributed by atoms with Crippen LogP contribution in [0.2, 0.25) is 5.02 Å². The zero-order valence-corrected chi connectivity index (χ0v) is 13.7. The van der Waals surface area contributed by atoms with Gasteiger partial charge in [-0.1, -0.05) is 17.7 Å². The fourth-order valence-corrected chi connectivity index (χ4v) is 2.44. The highest BCUT2D eigenvalue weighted by Crippen LogP contribution is 2.21. The van der Waals surface area contributed by atoms with Crippen molar-refractivity contribution in [1.29, 1.82) is 5.26 Å². The molecular weight excluding hydrogens is 342 g/mol. The number of anilines is 1. The quantitative estimate of drug-likeness (QED) is 0.779. The molecule has 2 aromatic heterocycles. The van der Waals surface area contributed by atoms with Crippen LogP contribution in [0.3, 0.4) is 0 Å². The molecule has 1 amide bonds. The minimum absolute atomic E-state index is 0.111. The average molecular weight is 354 g/mol. The van der Waals surface area contributed by atoms with Crippen molar-refractivity contribution in [2.24, 2.45) is 0 Å². The van der Waals surface area contributed by atoms with E-state index in [9.17, 15) is 9.59 Å². The summed E-state index contributed by atoms with van der Waals surface area (Å²) in [5.74, 6) is 0.142. The lowest BCUT2D eigenvalue weighted by molar-refractivity contribution is 0.0995. The van der Waals surface area contributed by atoms with Gasteiger partial charge in [-0.05, 0) is 36.4 Å². The number of aromatic nitrogens is 1. The van der Waals surface area contributed by atoms with Gasteiger partial charge < -0.3 is 14.3 Å². The maximum atomic E-state index is 12.2.